The molecule has 5 rings (SSSR count). The molecule has 1 unspecified atom stereocenters. The van der Waals surface area contributed by atoms with Crippen LogP contribution >= 0.6 is 0 Å². The van der Waals surface area contributed by atoms with Crippen LogP contribution in [0.5, 0.6) is 0 Å². The number of imidazole rings is 1. The Morgan fingerprint density at radius 3 is 2.76 bits per heavy atom. The number of pyridine rings is 1. The van der Waals surface area contributed by atoms with Gasteiger partial charge in [0.25, 0.3) is 0 Å². The number of aromatic nitrogens is 3. The zero-order valence-corrected chi connectivity index (χ0v) is 18.4. The maximum atomic E-state index is 15.1. The average molecular weight is 467 g/mol. The summed E-state index contributed by atoms with van der Waals surface area (Å²) in [6.45, 7) is 1.19. The normalized spacial score (nSPS) is 16.5. The largest absolute Gasteiger partial charge is 0.376 e. The Hall–Kier alpha value is -3.40. The molecule has 0 spiro atoms. The highest BCUT2D eigenvalue weighted by atomic mass is 19.1. The van der Waals surface area contributed by atoms with Crippen molar-refractivity contribution in [3.05, 3.63) is 87.5 Å². The summed E-state index contributed by atoms with van der Waals surface area (Å²) in [5, 5.41) is 10.1. The third-order valence-corrected chi connectivity index (χ3v) is 6.08. The lowest BCUT2D eigenvalue weighted by molar-refractivity contribution is -0.0768. The van der Waals surface area contributed by atoms with Gasteiger partial charge in [-0.2, -0.15) is 0 Å². The van der Waals surface area contributed by atoms with Crippen LogP contribution in [-0.4, -0.2) is 39.5 Å². The summed E-state index contributed by atoms with van der Waals surface area (Å²) in [7, 11) is 1.41. The molecule has 1 saturated heterocycles. The van der Waals surface area contributed by atoms with Gasteiger partial charge in [-0.25, -0.2) is 13.8 Å². The predicted octanol–water partition coefficient (Wildman–Crippen LogP) is 3.69. The summed E-state index contributed by atoms with van der Waals surface area (Å²) >= 11 is 0. The van der Waals surface area contributed by atoms with E-state index >= 15 is 4.39 Å². The lowest BCUT2D eigenvalue weighted by Crippen LogP contribution is -2.31. The van der Waals surface area contributed by atoms with Crippen LogP contribution in [0.2, 0.25) is 0 Å². The molecule has 0 aliphatic carbocycles. The number of benzene rings is 2. The molecule has 7 nitrogen and oxygen atoms in total. The summed E-state index contributed by atoms with van der Waals surface area (Å²) in [4.78, 5) is 18.8. The quantitative estimate of drug-likeness (QED) is 0.405. The van der Waals surface area contributed by atoms with Crippen molar-refractivity contribution >= 4 is 11.0 Å². The van der Waals surface area contributed by atoms with Crippen molar-refractivity contribution in [3.63, 3.8) is 0 Å². The van der Waals surface area contributed by atoms with E-state index in [1.807, 2.05) is 4.57 Å². The lowest BCUT2D eigenvalue weighted by atomic mass is 10.0. The Labute approximate surface area is 193 Å². The summed E-state index contributed by atoms with van der Waals surface area (Å²) in [6.07, 6.45) is -0.129. The number of aliphatic hydroxyl groups excluding tert-OH is 1. The van der Waals surface area contributed by atoms with Crippen molar-refractivity contribution in [1.29, 1.82) is 0 Å². The summed E-state index contributed by atoms with van der Waals surface area (Å²) in [5.74, 6) is -0.697. The molecule has 1 aliphatic heterocycles. The van der Waals surface area contributed by atoms with Gasteiger partial charge in [-0.05, 0) is 42.3 Å². The van der Waals surface area contributed by atoms with Crippen molar-refractivity contribution in [1.82, 2.24) is 14.5 Å². The Morgan fingerprint density at radius 1 is 1.24 bits per heavy atom. The van der Waals surface area contributed by atoms with Gasteiger partial charge in [0.2, 0.25) is 5.56 Å². The van der Waals surface area contributed by atoms with Gasteiger partial charge in [0.15, 0.2) is 6.29 Å². The molecule has 0 radical (unpaired) electrons. The molecule has 0 saturated carbocycles. The van der Waals surface area contributed by atoms with E-state index in [0.29, 0.717) is 30.1 Å². The van der Waals surface area contributed by atoms with E-state index in [1.54, 1.807) is 18.2 Å². The maximum Gasteiger partial charge on any atom is 0.248 e. The molecule has 2 N–H and O–H groups in total. The Kier molecular flexibility index (Phi) is 5.99. The molecule has 2 atom stereocenters. The van der Waals surface area contributed by atoms with Crippen LogP contribution in [0, 0.1) is 11.6 Å². The van der Waals surface area contributed by atoms with E-state index in [2.05, 4.69) is 9.97 Å². The van der Waals surface area contributed by atoms with Gasteiger partial charge in [-0.3, -0.25) is 4.79 Å². The van der Waals surface area contributed by atoms with Crippen LogP contribution in [0.4, 0.5) is 8.78 Å². The van der Waals surface area contributed by atoms with Crippen LogP contribution in [-0.2, 0) is 22.4 Å². The van der Waals surface area contributed by atoms with Gasteiger partial charge in [0.1, 0.15) is 17.5 Å². The zero-order chi connectivity index (χ0) is 23.8. The molecule has 0 amide bonds. The fraction of sp³-hybridized carbons (Fsp3) is 0.280. The number of hydrogen-bond donors (Lipinski definition) is 2. The molecular formula is C25H23F2N3O4. The molecule has 3 heterocycles. The molecule has 4 aromatic rings. The van der Waals surface area contributed by atoms with Gasteiger partial charge >= 0.3 is 0 Å². The molecule has 2 aromatic heterocycles. The van der Waals surface area contributed by atoms with E-state index < -0.39 is 23.5 Å². The average Bonchev–Trinajstić information content (AvgIpc) is 3.13. The predicted molar refractivity (Wildman–Crippen MR) is 121 cm³/mol. The van der Waals surface area contributed by atoms with Crippen LogP contribution < -0.4 is 5.56 Å². The van der Waals surface area contributed by atoms with E-state index in [1.165, 1.54) is 25.3 Å². The zero-order valence-electron chi connectivity index (χ0n) is 18.4. The molecule has 34 heavy (non-hydrogen) atoms. The van der Waals surface area contributed by atoms with Crippen molar-refractivity contribution in [2.75, 3.05) is 13.7 Å². The Balaban J connectivity index is 1.54. The van der Waals surface area contributed by atoms with Gasteiger partial charge in [0.05, 0.1) is 29.4 Å². The molecule has 0 bridgehead atoms. The molecule has 2 aromatic carbocycles. The number of ether oxygens (including phenoxy) is 2. The van der Waals surface area contributed by atoms with Crippen molar-refractivity contribution in [3.8, 4) is 11.3 Å². The van der Waals surface area contributed by atoms with Crippen molar-refractivity contribution < 1.29 is 23.4 Å². The molecule has 176 valence electrons. The standard InChI is InChI=1S/C25H23F2N3O4/c1-33-25(32)14-5-6-21-22(10-14)30(13-16-7-8-34-16)23(28-21)11-15-9-19(27)17(12-18(15)26)20-3-2-4-24(31)29-20/h2-6,9-10,12,16,25,32H,7-8,11,13H2,1H3,(H,29,31)/t16-,25?/m0/s1. The second-order valence-electron chi connectivity index (χ2n) is 8.29. The number of rotatable bonds is 7. The maximum absolute atomic E-state index is 15.1. The topological polar surface area (TPSA) is 89.4 Å². The second kappa shape index (κ2) is 9.09. The van der Waals surface area contributed by atoms with E-state index in [4.69, 9.17) is 9.47 Å². The minimum absolute atomic E-state index is 0.00557. The Morgan fingerprint density at radius 2 is 2.06 bits per heavy atom. The summed E-state index contributed by atoms with van der Waals surface area (Å²) in [5.41, 5.74) is 1.91. The number of fused-ring (bicyclic) bond motifs is 1. The molecule has 1 fully saturated rings. The van der Waals surface area contributed by atoms with Crippen LogP contribution in [0.3, 0.4) is 0 Å². The lowest BCUT2D eigenvalue weighted by Gasteiger charge is -2.27. The molecular weight excluding hydrogens is 444 g/mol. The third-order valence-electron chi connectivity index (χ3n) is 6.08. The molecule has 1 aliphatic rings. The minimum atomic E-state index is -1.08. The second-order valence-corrected chi connectivity index (χ2v) is 8.29. The minimum Gasteiger partial charge on any atom is -0.376 e. The van der Waals surface area contributed by atoms with Crippen LogP contribution in [0.25, 0.3) is 22.3 Å². The monoisotopic (exact) mass is 467 g/mol. The van der Waals surface area contributed by atoms with Crippen LogP contribution in [0.1, 0.15) is 29.7 Å². The number of H-pyrrole nitrogens is 1. The highest BCUT2D eigenvalue weighted by molar-refractivity contribution is 5.77. The first kappa shape index (κ1) is 22.4. The van der Waals surface area contributed by atoms with Crippen molar-refractivity contribution in [2.24, 2.45) is 0 Å². The third kappa shape index (κ3) is 4.25. The van der Waals surface area contributed by atoms with E-state index in [9.17, 15) is 14.3 Å². The first-order valence-electron chi connectivity index (χ1n) is 10.9. The number of aromatic amines is 1. The number of nitrogens with one attached hydrogen (secondary N) is 1. The fourth-order valence-corrected chi connectivity index (χ4v) is 4.16. The van der Waals surface area contributed by atoms with Crippen LogP contribution in [0.15, 0.2) is 53.3 Å². The highest BCUT2D eigenvalue weighted by Crippen LogP contribution is 2.28. The fourth-order valence-electron chi connectivity index (χ4n) is 4.16. The smallest absolute Gasteiger partial charge is 0.248 e. The number of hydrogen-bond acceptors (Lipinski definition) is 5. The Bertz CT molecular complexity index is 1410. The van der Waals surface area contributed by atoms with Crippen molar-refractivity contribution in [2.45, 2.75) is 31.8 Å². The summed E-state index contributed by atoms with van der Waals surface area (Å²) in [6, 6.07) is 11.8. The molecule has 9 heteroatoms. The number of nitrogens with zero attached hydrogens (tertiary/aromatic N) is 2. The van der Waals surface area contributed by atoms with E-state index in [0.717, 1.165) is 24.1 Å². The van der Waals surface area contributed by atoms with E-state index in [-0.39, 0.29) is 29.3 Å². The van der Waals surface area contributed by atoms with Gasteiger partial charge in [0, 0.05) is 37.3 Å². The highest BCUT2D eigenvalue weighted by Gasteiger charge is 2.23. The number of aliphatic hydroxyl groups is 1. The van der Waals surface area contributed by atoms with Gasteiger partial charge in [-0.1, -0.05) is 12.1 Å². The SMILES string of the molecule is COC(O)c1ccc2nc(Cc3cc(F)c(-c4cccc(=O)[nH]4)cc3F)n(C[C@@H]3CCO3)c2c1. The first-order chi connectivity index (χ1) is 16.4. The number of halogens is 2. The first-order valence-corrected chi connectivity index (χ1v) is 10.9. The number of methoxy groups -OCH3 is 1. The van der Waals surface area contributed by atoms with Gasteiger partial charge in [-0.15, -0.1) is 0 Å². The van der Waals surface area contributed by atoms with Gasteiger partial charge < -0.3 is 24.1 Å². The summed E-state index contributed by atoms with van der Waals surface area (Å²) < 4.78 is 42.5.